The first-order valence-electron chi connectivity index (χ1n) is 20.9. The summed E-state index contributed by atoms with van der Waals surface area (Å²) >= 11 is 0. The molecule has 0 spiro atoms. The summed E-state index contributed by atoms with van der Waals surface area (Å²) in [6, 6.07) is 63.3. The standard InChI is InChI=1S/C55H49N/c1-54(2)52-32-45(19-27-50(52)51-28-20-46(33-53(51)54)55-34-37-29-38(35-55)31-39(30-37)36-55)44-17-25-49(26-18-44)56(47-21-13-42(14-22-47)40-9-5-3-6-10-40)48-23-15-43(16-24-48)41-11-7-4-8-12-41/h3-28,32-33,37-39H,29-31,34-36H2,1-2H3. The molecule has 0 atom stereocenters. The van der Waals surface area contributed by atoms with Gasteiger partial charge in [0.1, 0.15) is 0 Å². The predicted molar refractivity (Wildman–Crippen MR) is 235 cm³/mol. The fourth-order valence-electron chi connectivity index (χ4n) is 11.8. The van der Waals surface area contributed by atoms with Gasteiger partial charge in [-0.1, -0.05) is 141 Å². The van der Waals surface area contributed by atoms with Crippen molar-refractivity contribution >= 4 is 17.1 Å². The lowest BCUT2D eigenvalue weighted by molar-refractivity contribution is -0.00522. The van der Waals surface area contributed by atoms with Gasteiger partial charge in [-0.3, -0.25) is 0 Å². The first-order chi connectivity index (χ1) is 27.4. The quantitative estimate of drug-likeness (QED) is 0.158. The van der Waals surface area contributed by atoms with Gasteiger partial charge >= 0.3 is 0 Å². The molecule has 0 unspecified atom stereocenters. The Morgan fingerprint density at radius 2 is 0.768 bits per heavy atom. The van der Waals surface area contributed by atoms with Crippen LogP contribution in [0.15, 0.2) is 170 Å². The zero-order valence-corrected chi connectivity index (χ0v) is 32.6. The van der Waals surface area contributed by atoms with E-state index in [1.165, 1.54) is 94.2 Å². The van der Waals surface area contributed by atoms with Gasteiger partial charge in [-0.25, -0.2) is 0 Å². The van der Waals surface area contributed by atoms with Crippen LogP contribution in [0, 0.1) is 17.8 Å². The Morgan fingerprint density at radius 3 is 1.23 bits per heavy atom. The highest BCUT2D eigenvalue weighted by Gasteiger charge is 2.52. The Hall–Kier alpha value is -5.66. The monoisotopic (exact) mass is 723 g/mol. The molecule has 56 heavy (non-hydrogen) atoms. The summed E-state index contributed by atoms with van der Waals surface area (Å²) in [7, 11) is 0. The maximum absolute atomic E-state index is 2.66. The molecule has 4 saturated carbocycles. The van der Waals surface area contributed by atoms with Crippen LogP contribution in [0.5, 0.6) is 0 Å². The van der Waals surface area contributed by atoms with Crippen molar-refractivity contribution in [3.8, 4) is 44.5 Å². The maximum atomic E-state index is 2.66. The Morgan fingerprint density at radius 1 is 0.393 bits per heavy atom. The Bertz CT molecular complexity index is 2430. The highest BCUT2D eigenvalue weighted by Crippen LogP contribution is 2.62. The number of benzene rings is 7. The summed E-state index contributed by atoms with van der Waals surface area (Å²) < 4.78 is 0. The average Bonchev–Trinajstić information content (AvgIpc) is 3.46. The van der Waals surface area contributed by atoms with Crippen LogP contribution >= 0.6 is 0 Å². The zero-order chi connectivity index (χ0) is 37.4. The van der Waals surface area contributed by atoms with Crippen LogP contribution in [0.1, 0.15) is 69.1 Å². The van der Waals surface area contributed by atoms with Crippen LogP contribution in [-0.2, 0) is 10.8 Å². The van der Waals surface area contributed by atoms with Gasteiger partial charge < -0.3 is 4.90 Å². The van der Waals surface area contributed by atoms with E-state index in [-0.39, 0.29) is 5.41 Å². The summed E-state index contributed by atoms with van der Waals surface area (Å²) in [5.41, 5.74) is 18.7. The lowest BCUT2D eigenvalue weighted by Crippen LogP contribution is -2.48. The molecule has 0 N–H and O–H groups in total. The summed E-state index contributed by atoms with van der Waals surface area (Å²) in [6.45, 7) is 4.91. The number of rotatable bonds is 7. The molecule has 0 heterocycles. The molecule has 4 bridgehead atoms. The molecule has 0 amide bonds. The molecule has 0 aliphatic heterocycles. The number of nitrogens with zero attached hydrogens (tertiary/aromatic N) is 1. The average molecular weight is 724 g/mol. The van der Waals surface area contributed by atoms with Crippen LogP contribution in [0.2, 0.25) is 0 Å². The fourth-order valence-corrected chi connectivity index (χ4v) is 11.8. The van der Waals surface area contributed by atoms with Gasteiger partial charge in [-0.2, -0.15) is 0 Å². The summed E-state index contributed by atoms with van der Waals surface area (Å²) in [4.78, 5) is 2.37. The zero-order valence-electron chi connectivity index (χ0n) is 32.6. The molecular formula is C55H49N. The molecule has 7 aromatic carbocycles. The van der Waals surface area contributed by atoms with E-state index >= 15 is 0 Å². The second-order valence-corrected chi connectivity index (χ2v) is 18.1. The van der Waals surface area contributed by atoms with Gasteiger partial charge in [0.2, 0.25) is 0 Å². The van der Waals surface area contributed by atoms with E-state index in [9.17, 15) is 0 Å². The first kappa shape index (κ1) is 33.7. The molecule has 274 valence electrons. The van der Waals surface area contributed by atoms with E-state index in [1.807, 2.05) is 0 Å². The Labute approximate surface area is 332 Å². The highest BCUT2D eigenvalue weighted by atomic mass is 15.1. The molecular weight excluding hydrogens is 675 g/mol. The van der Waals surface area contributed by atoms with Gasteiger partial charge in [0.15, 0.2) is 0 Å². The second-order valence-electron chi connectivity index (χ2n) is 18.1. The van der Waals surface area contributed by atoms with Crippen LogP contribution in [-0.4, -0.2) is 0 Å². The topological polar surface area (TPSA) is 3.24 Å². The summed E-state index contributed by atoms with van der Waals surface area (Å²) in [5, 5.41) is 0. The maximum Gasteiger partial charge on any atom is 0.0462 e. The van der Waals surface area contributed by atoms with E-state index < -0.39 is 0 Å². The normalized spacial score (nSPS) is 22.4. The van der Waals surface area contributed by atoms with Crippen LogP contribution in [0.3, 0.4) is 0 Å². The van der Waals surface area contributed by atoms with Crippen molar-refractivity contribution in [2.75, 3.05) is 4.90 Å². The van der Waals surface area contributed by atoms with E-state index in [1.54, 1.807) is 5.56 Å². The lowest BCUT2D eigenvalue weighted by Gasteiger charge is -2.57. The van der Waals surface area contributed by atoms with E-state index in [2.05, 4.69) is 189 Å². The van der Waals surface area contributed by atoms with Crippen molar-refractivity contribution in [2.24, 2.45) is 17.8 Å². The SMILES string of the molecule is CC1(C)c2cc(-c3ccc(N(c4ccc(-c5ccccc5)cc4)c4ccc(-c5ccccc5)cc4)cc3)ccc2-c2ccc(C34CC5CC(CC(C5)C3)C4)cc21. The van der Waals surface area contributed by atoms with E-state index in [0.717, 1.165) is 34.8 Å². The third kappa shape index (κ3) is 5.58. The highest BCUT2D eigenvalue weighted by molar-refractivity contribution is 5.85. The molecule has 0 saturated heterocycles. The van der Waals surface area contributed by atoms with Crippen LogP contribution < -0.4 is 4.90 Å². The Balaban J connectivity index is 0.913. The van der Waals surface area contributed by atoms with Gasteiger partial charge in [-0.05, 0) is 165 Å². The number of hydrogen-bond acceptors (Lipinski definition) is 1. The molecule has 12 rings (SSSR count). The molecule has 5 aliphatic carbocycles. The van der Waals surface area contributed by atoms with E-state index in [4.69, 9.17) is 0 Å². The largest absolute Gasteiger partial charge is 0.311 e. The van der Waals surface area contributed by atoms with Crippen molar-refractivity contribution in [3.63, 3.8) is 0 Å². The number of hydrogen-bond donors (Lipinski definition) is 0. The minimum atomic E-state index is -0.0342. The van der Waals surface area contributed by atoms with Crippen molar-refractivity contribution in [1.29, 1.82) is 0 Å². The lowest BCUT2D eigenvalue weighted by atomic mass is 9.48. The molecule has 5 aliphatic rings. The van der Waals surface area contributed by atoms with Crippen molar-refractivity contribution < 1.29 is 0 Å². The second kappa shape index (κ2) is 13.0. The Kier molecular flexibility index (Phi) is 7.79. The van der Waals surface area contributed by atoms with Crippen LogP contribution in [0.4, 0.5) is 17.1 Å². The molecule has 4 fully saturated rings. The van der Waals surface area contributed by atoms with Crippen molar-refractivity contribution in [2.45, 2.75) is 63.2 Å². The first-order valence-corrected chi connectivity index (χ1v) is 20.9. The fraction of sp³-hybridized carbons (Fsp3) is 0.236. The molecule has 0 aromatic heterocycles. The van der Waals surface area contributed by atoms with Crippen molar-refractivity contribution in [1.82, 2.24) is 0 Å². The van der Waals surface area contributed by atoms with Gasteiger partial charge in [-0.15, -0.1) is 0 Å². The molecule has 7 aromatic rings. The van der Waals surface area contributed by atoms with Gasteiger partial charge in [0.25, 0.3) is 0 Å². The smallest absolute Gasteiger partial charge is 0.0462 e. The molecule has 1 heteroatoms. The summed E-state index contributed by atoms with van der Waals surface area (Å²) in [6.07, 6.45) is 8.73. The van der Waals surface area contributed by atoms with Gasteiger partial charge in [0, 0.05) is 22.5 Å². The minimum Gasteiger partial charge on any atom is -0.311 e. The predicted octanol–water partition coefficient (Wildman–Crippen LogP) is 14.9. The summed E-state index contributed by atoms with van der Waals surface area (Å²) in [5.74, 6) is 2.88. The number of fused-ring (bicyclic) bond motifs is 3. The molecule has 1 nitrogen and oxygen atoms in total. The third-order valence-electron chi connectivity index (χ3n) is 14.3. The number of anilines is 3. The minimum absolute atomic E-state index is 0.0342. The van der Waals surface area contributed by atoms with Gasteiger partial charge in [0.05, 0.1) is 0 Å². The van der Waals surface area contributed by atoms with Crippen molar-refractivity contribution in [3.05, 3.63) is 187 Å². The third-order valence-corrected chi connectivity index (χ3v) is 14.3. The van der Waals surface area contributed by atoms with E-state index in [0.29, 0.717) is 5.41 Å². The van der Waals surface area contributed by atoms with Crippen LogP contribution in [0.25, 0.3) is 44.5 Å². The molecule has 0 radical (unpaired) electrons.